The molecule has 2 aromatic carbocycles. The minimum atomic E-state index is -0.0896. The Morgan fingerprint density at radius 1 is 0.947 bits per heavy atom. The second-order valence-corrected chi connectivity index (χ2v) is 5.15. The van der Waals surface area contributed by atoms with Crippen molar-refractivity contribution in [2.75, 3.05) is 5.32 Å². The zero-order valence-electron chi connectivity index (χ0n) is 10.3. The Hall–Kier alpha value is -1.76. The summed E-state index contributed by atoms with van der Waals surface area (Å²) in [5.41, 5.74) is 2.31. The van der Waals surface area contributed by atoms with Crippen molar-refractivity contribution in [2.45, 2.75) is 6.92 Å². The summed E-state index contributed by atoms with van der Waals surface area (Å²) in [4.78, 5) is 10.9. The summed E-state index contributed by atoms with van der Waals surface area (Å²) in [6.07, 6.45) is 0. The van der Waals surface area contributed by atoms with Crippen molar-refractivity contribution in [3.63, 3.8) is 0 Å². The number of nitrogens with zero attached hydrogens (tertiary/aromatic N) is 2. The van der Waals surface area contributed by atoms with Crippen LogP contribution in [0.4, 0.5) is 17.1 Å². The van der Waals surface area contributed by atoms with E-state index in [0.717, 1.165) is 20.6 Å². The predicted octanol–water partition coefficient (Wildman–Crippen LogP) is 4.67. The molecule has 0 bridgehead atoms. The van der Waals surface area contributed by atoms with E-state index in [1.165, 1.54) is 6.92 Å². The first-order valence-electron chi connectivity index (χ1n) is 5.68. The largest absolute Gasteiger partial charge is 0.326 e. The Bertz CT molecular complexity index is 591. The van der Waals surface area contributed by atoms with E-state index in [2.05, 4.69) is 38.1 Å². The smallest absolute Gasteiger partial charge is 0.221 e. The molecule has 4 nitrogen and oxygen atoms in total. The zero-order valence-corrected chi connectivity index (χ0v) is 12.5. The van der Waals surface area contributed by atoms with Crippen LogP contribution in [0, 0.1) is 3.57 Å². The van der Waals surface area contributed by atoms with Crippen LogP contribution in [0.5, 0.6) is 0 Å². The third-order valence-electron chi connectivity index (χ3n) is 2.30. The maximum absolute atomic E-state index is 10.9. The van der Waals surface area contributed by atoms with E-state index >= 15 is 0 Å². The van der Waals surface area contributed by atoms with Gasteiger partial charge in [0.1, 0.15) is 0 Å². The Labute approximate surface area is 125 Å². The van der Waals surface area contributed by atoms with Crippen LogP contribution in [0.15, 0.2) is 58.8 Å². The molecule has 0 aromatic heterocycles. The van der Waals surface area contributed by atoms with E-state index in [1.807, 2.05) is 36.4 Å². The SMILES string of the molecule is CC(=O)Nc1ccc(N=Nc2ccc(I)cc2)cc1. The maximum atomic E-state index is 10.9. The predicted molar refractivity (Wildman–Crippen MR) is 84.1 cm³/mol. The summed E-state index contributed by atoms with van der Waals surface area (Å²) in [5, 5.41) is 11.0. The van der Waals surface area contributed by atoms with Crippen molar-refractivity contribution < 1.29 is 4.79 Å². The fraction of sp³-hybridized carbons (Fsp3) is 0.0714. The maximum Gasteiger partial charge on any atom is 0.221 e. The molecule has 0 aliphatic rings. The van der Waals surface area contributed by atoms with Gasteiger partial charge in [0, 0.05) is 16.2 Å². The molecule has 0 aliphatic heterocycles. The molecule has 0 aliphatic carbocycles. The van der Waals surface area contributed by atoms with Crippen LogP contribution < -0.4 is 5.32 Å². The van der Waals surface area contributed by atoms with Crippen LogP contribution in [0.1, 0.15) is 6.92 Å². The van der Waals surface area contributed by atoms with Crippen LogP contribution >= 0.6 is 22.6 Å². The molecule has 96 valence electrons. The van der Waals surface area contributed by atoms with Gasteiger partial charge in [0.15, 0.2) is 0 Å². The van der Waals surface area contributed by atoms with E-state index in [0.29, 0.717) is 0 Å². The lowest BCUT2D eigenvalue weighted by molar-refractivity contribution is -0.114. The van der Waals surface area contributed by atoms with E-state index in [-0.39, 0.29) is 5.91 Å². The topological polar surface area (TPSA) is 53.8 Å². The molecule has 0 saturated carbocycles. The molecule has 0 radical (unpaired) electrons. The molecular weight excluding hydrogens is 353 g/mol. The van der Waals surface area contributed by atoms with E-state index in [1.54, 1.807) is 12.1 Å². The lowest BCUT2D eigenvalue weighted by atomic mass is 10.3. The molecule has 2 rings (SSSR count). The number of hydrogen-bond acceptors (Lipinski definition) is 3. The Morgan fingerprint density at radius 3 is 1.89 bits per heavy atom. The molecule has 0 spiro atoms. The first kappa shape index (κ1) is 13.7. The number of halogens is 1. The van der Waals surface area contributed by atoms with Gasteiger partial charge < -0.3 is 5.32 Å². The van der Waals surface area contributed by atoms with Gasteiger partial charge in [-0.25, -0.2) is 0 Å². The highest BCUT2D eigenvalue weighted by molar-refractivity contribution is 14.1. The summed E-state index contributed by atoms with van der Waals surface area (Å²) in [6.45, 7) is 1.48. The third-order valence-corrected chi connectivity index (χ3v) is 3.01. The molecule has 19 heavy (non-hydrogen) atoms. The van der Waals surface area contributed by atoms with E-state index in [4.69, 9.17) is 0 Å². The quantitative estimate of drug-likeness (QED) is 0.624. The van der Waals surface area contributed by atoms with Crippen LogP contribution in [-0.4, -0.2) is 5.91 Å². The minimum absolute atomic E-state index is 0.0896. The van der Waals surface area contributed by atoms with Gasteiger partial charge in [-0.15, -0.1) is 0 Å². The van der Waals surface area contributed by atoms with Crippen molar-refractivity contribution in [3.8, 4) is 0 Å². The van der Waals surface area contributed by atoms with Gasteiger partial charge in [-0.3, -0.25) is 4.79 Å². The van der Waals surface area contributed by atoms with Gasteiger partial charge in [0.2, 0.25) is 5.91 Å². The number of hydrogen-bond donors (Lipinski definition) is 1. The minimum Gasteiger partial charge on any atom is -0.326 e. The van der Waals surface area contributed by atoms with Crippen LogP contribution in [0.3, 0.4) is 0 Å². The second kappa shape index (κ2) is 6.42. The van der Waals surface area contributed by atoms with Crippen LogP contribution in [-0.2, 0) is 4.79 Å². The number of benzene rings is 2. The van der Waals surface area contributed by atoms with Crippen molar-refractivity contribution in [1.29, 1.82) is 0 Å². The molecule has 0 atom stereocenters. The molecule has 0 unspecified atom stereocenters. The zero-order chi connectivity index (χ0) is 13.7. The highest BCUT2D eigenvalue weighted by Gasteiger charge is 1.95. The number of azo groups is 1. The normalized spacial score (nSPS) is 10.6. The standard InChI is InChI=1S/C14H12IN3O/c1-10(19)16-12-6-8-14(9-7-12)18-17-13-4-2-11(15)3-5-13/h2-9H,1H3,(H,16,19). The van der Waals surface area contributed by atoms with Gasteiger partial charge in [0.05, 0.1) is 11.4 Å². The van der Waals surface area contributed by atoms with E-state index in [9.17, 15) is 4.79 Å². The lowest BCUT2D eigenvalue weighted by Gasteiger charge is -2.01. The second-order valence-electron chi connectivity index (χ2n) is 3.90. The molecule has 0 heterocycles. The number of amides is 1. The Balaban J connectivity index is 2.06. The number of nitrogens with one attached hydrogen (secondary N) is 1. The lowest BCUT2D eigenvalue weighted by Crippen LogP contribution is -2.04. The molecule has 0 saturated heterocycles. The summed E-state index contributed by atoms with van der Waals surface area (Å²) >= 11 is 2.24. The van der Waals surface area contributed by atoms with Crippen molar-refractivity contribution in [2.24, 2.45) is 10.2 Å². The van der Waals surface area contributed by atoms with Gasteiger partial charge in [0.25, 0.3) is 0 Å². The number of anilines is 1. The van der Waals surface area contributed by atoms with Crippen LogP contribution in [0.2, 0.25) is 0 Å². The summed E-state index contributed by atoms with van der Waals surface area (Å²) in [6, 6.07) is 15.0. The molecule has 0 fully saturated rings. The number of carbonyl (C=O) groups excluding carboxylic acids is 1. The van der Waals surface area contributed by atoms with Gasteiger partial charge >= 0.3 is 0 Å². The molecule has 5 heteroatoms. The Kier molecular flexibility index (Phi) is 4.62. The number of carbonyl (C=O) groups is 1. The third kappa shape index (κ3) is 4.44. The first-order valence-corrected chi connectivity index (χ1v) is 6.76. The average Bonchev–Trinajstić information content (AvgIpc) is 2.39. The Morgan fingerprint density at radius 2 is 1.42 bits per heavy atom. The first-order chi connectivity index (χ1) is 9.13. The average molecular weight is 365 g/mol. The van der Waals surface area contributed by atoms with Gasteiger partial charge in [-0.2, -0.15) is 10.2 Å². The van der Waals surface area contributed by atoms with Crippen molar-refractivity contribution in [3.05, 3.63) is 52.1 Å². The van der Waals surface area contributed by atoms with Gasteiger partial charge in [-0.05, 0) is 71.1 Å². The molecule has 2 aromatic rings. The highest BCUT2D eigenvalue weighted by Crippen LogP contribution is 2.20. The highest BCUT2D eigenvalue weighted by atomic mass is 127. The van der Waals surface area contributed by atoms with Crippen molar-refractivity contribution in [1.82, 2.24) is 0 Å². The summed E-state index contributed by atoms with van der Waals surface area (Å²) in [5.74, 6) is -0.0896. The van der Waals surface area contributed by atoms with Crippen molar-refractivity contribution >= 4 is 45.6 Å². The summed E-state index contributed by atoms with van der Waals surface area (Å²) in [7, 11) is 0. The van der Waals surface area contributed by atoms with E-state index < -0.39 is 0 Å². The molecule has 1 amide bonds. The molecular formula is C14H12IN3O. The van der Waals surface area contributed by atoms with Crippen LogP contribution in [0.25, 0.3) is 0 Å². The fourth-order valence-electron chi connectivity index (χ4n) is 1.44. The fourth-order valence-corrected chi connectivity index (χ4v) is 1.80. The van der Waals surface area contributed by atoms with Gasteiger partial charge in [-0.1, -0.05) is 0 Å². The summed E-state index contributed by atoms with van der Waals surface area (Å²) < 4.78 is 1.16. The monoisotopic (exact) mass is 365 g/mol. The molecule has 1 N–H and O–H groups in total. The number of rotatable bonds is 3.